The zero-order chi connectivity index (χ0) is 13.0. The average Bonchev–Trinajstić information content (AvgIpc) is 2.67. The molecule has 1 N–H and O–H groups in total. The number of halogens is 1. The van der Waals surface area contributed by atoms with E-state index in [1.807, 2.05) is 4.90 Å². The number of benzene rings is 1. The van der Waals surface area contributed by atoms with Crippen LogP contribution in [0.5, 0.6) is 0 Å². The molecule has 0 aromatic heterocycles. The van der Waals surface area contributed by atoms with Gasteiger partial charge in [-0.15, -0.1) is 0 Å². The maximum atomic E-state index is 12.3. The van der Waals surface area contributed by atoms with Crippen molar-refractivity contribution in [2.75, 3.05) is 26.2 Å². The topological polar surface area (TPSA) is 56.1 Å². The Bertz CT molecular complexity index is 487. The molecule has 0 unspecified atom stereocenters. The maximum Gasteiger partial charge on any atom is 0.253 e. The minimum Gasteiger partial charge on any atom is -0.337 e. The number of rotatable bonds is 1. The number of amides is 1. The number of nitrogens with one attached hydrogen (secondary N) is 1. The molecule has 1 fully saturated rings. The zero-order valence-corrected chi connectivity index (χ0v) is 11.5. The average molecular weight is 308 g/mol. The molecule has 0 atom stereocenters. The first kappa shape index (κ1) is 13.1. The molecule has 1 heterocycles. The van der Waals surface area contributed by atoms with Gasteiger partial charge < -0.3 is 10.2 Å². The number of carbonyl (C=O) groups is 1. The predicted octanol–water partition coefficient (Wildman–Crippen LogP) is 1.76. The third-order valence-corrected chi connectivity index (χ3v) is 3.65. The Morgan fingerprint density at radius 2 is 2.22 bits per heavy atom. The van der Waals surface area contributed by atoms with Crippen molar-refractivity contribution in [1.29, 1.82) is 5.26 Å². The van der Waals surface area contributed by atoms with E-state index in [0.717, 1.165) is 37.1 Å². The normalized spacial score (nSPS) is 15.9. The van der Waals surface area contributed by atoms with Crippen LogP contribution in [-0.2, 0) is 0 Å². The summed E-state index contributed by atoms with van der Waals surface area (Å²) in [6, 6.07) is 7.23. The molecule has 18 heavy (non-hydrogen) atoms. The van der Waals surface area contributed by atoms with Gasteiger partial charge >= 0.3 is 0 Å². The van der Waals surface area contributed by atoms with Crippen molar-refractivity contribution in [3.63, 3.8) is 0 Å². The summed E-state index contributed by atoms with van der Waals surface area (Å²) in [5, 5.41) is 12.2. The summed E-state index contributed by atoms with van der Waals surface area (Å²) in [7, 11) is 0. The molecule has 2 rings (SSSR count). The van der Waals surface area contributed by atoms with E-state index >= 15 is 0 Å². The second-order valence-corrected chi connectivity index (χ2v) is 5.06. The fourth-order valence-corrected chi connectivity index (χ4v) is 2.31. The van der Waals surface area contributed by atoms with Crippen molar-refractivity contribution >= 4 is 21.8 Å². The van der Waals surface area contributed by atoms with Gasteiger partial charge in [-0.05, 0) is 47.1 Å². The van der Waals surface area contributed by atoms with Crippen LogP contribution in [0.2, 0.25) is 0 Å². The molecule has 0 radical (unpaired) electrons. The Kier molecular flexibility index (Phi) is 4.34. The molecule has 4 nitrogen and oxygen atoms in total. The third kappa shape index (κ3) is 2.89. The summed E-state index contributed by atoms with van der Waals surface area (Å²) < 4.78 is 0.721. The Morgan fingerprint density at radius 1 is 1.39 bits per heavy atom. The second-order valence-electron chi connectivity index (χ2n) is 4.20. The van der Waals surface area contributed by atoms with E-state index in [4.69, 9.17) is 5.26 Å². The molecule has 1 aromatic carbocycles. The molecule has 94 valence electrons. The predicted molar refractivity (Wildman–Crippen MR) is 72.2 cm³/mol. The van der Waals surface area contributed by atoms with Gasteiger partial charge in [0.2, 0.25) is 0 Å². The van der Waals surface area contributed by atoms with Crippen LogP contribution in [0.15, 0.2) is 22.7 Å². The minimum absolute atomic E-state index is 0.00250. The van der Waals surface area contributed by atoms with Gasteiger partial charge in [0.25, 0.3) is 5.91 Å². The van der Waals surface area contributed by atoms with E-state index in [1.54, 1.807) is 18.2 Å². The monoisotopic (exact) mass is 307 g/mol. The van der Waals surface area contributed by atoms with Gasteiger partial charge in [-0.1, -0.05) is 0 Å². The van der Waals surface area contributed by atoms with Crippen molar-refractivity contribution < 1.29 is 4.79 Å². The van der Waals surface area contributed by atoms with Gasteiger partial charge in [-0.2, -0.15) is 5.26 Å². The van der Waals surface area contributed by atoms with Crippen LogP contribution in [0.1, 0.15) is 22.3 Å². The summed E-state index contributed by atoms with van der Waals surface area (Å²) in [4.78, 5) is 14.1. The van der Waals surface area contributed by atoms with Crippen molar-refractivity contribution in [2.24, 2.45) is 0 Å². The van der Waals surface area contributed by atoms with Crippen LogP contribution < -0.4 is 5.32 Å². The highest BCUT2D eigenvalue weighted by Crippen LogP contribution is 2.18. The molecule has 1 aromatic rings. The van der Waals surface area contributed by atoms with Crippen LogP contribution in [0.4, 0.5) is 0 Å². The highest BCUT2D eigenvalue weighted by molar-refractivity contribution is 9.10. The first-order chi connectivity index (χ1) is 8.72. The van der Waals surface area contributed by atoms with Gasteiger partial charge in [0.15, 0.2) is 0 Å². The lowest BCUT2D eigenvalue weighted by Gasteiger charge is -2.20. The number of hydrogen-bond acceptors (Lipinski definition) is 3. The molecule has 5 heteroatoms. The van der Waals surface area contributed by atoms with Gasteiger partial charge in [0.1, 0.15) is 6.07 Å². The number of nitriles is 1. The van der Waals surface area contributed by atoms with Gasteiger partial charge in [-0.25, -0.2) is 0 Å². The lowest BCUT2D eigenvalue weighted by Crippen LogP contribution is -2.34. The summed E-state index contributed by atoms with van der Waals surface area (Å²) >= 11 is 3.29. The largest absolute Gasteiger partial charge is 0.337 e. The second kappa shape index (κ2) is 5.98. The first-order valence-corrected chi connectivity index (χ1v) is 6.71. The number of nitrogens with zero attached hydrogens (tertiary/aromatic N) is 2. The number of carbonyl (C=O) groups excluding carboxylic acids is 1. The molecule has 0 spiro atoms. The summed E-state index contributed by atoms with van der Waals surface area (Å²) in [5.74, 6) is 0.00250. The van der Waals surface area contributed by atoms with Crippen LogP contribution >= 0.6 is 15.9 Å². The van der Waals surface area contributed by atoms with E-state index in [1.165, 1.54) is 0 Å². The first-order valence-electron chi connectivity index (χ1n) is 5.92. The SMILES string of the molecule is N#Cc1cc(C(=O)N2CCCNCC2)ccc1Br. The van der Waals surface area contributed by atoms with Crippen LogP contribution in [0, 0.1) is 11.3 Å². The minimum atomic E-state index is 0.00250. The molecule has 0 saturated carbocycles. The molecule has 1 saturated heterocycles. The summed E-state index contributed by atoms with van der Waals surface area (Å²) in [5.41, 5.74) is 1.07. The Labute approximate surface area is 115 Å². The highest BCUT2D eigenvalue weighted by atomic mass is 79.9. The molecule has 0 aliphatic carbocycles. The zero-order valence-electron chi connectivity index (χ0n) is 9.95. The van der Waals surface area contributed by atoms with E-state index < -0.39 is 0 Å². The smallest absolute Gasteiger partial charge is 0.253 e. The fraction of sp³-hybridized carbons (Fsp3) is 0.385. The van der Waals surface area contributed by atoms with Gasteiger partial charge in [0.05, 0.1) is 5.56 Å². The molecule has 1 aliphatic heterocycles. The van der Waals surface area contributed by atoms with E-state index in [-0.39, 0.29) is 5.91 Å². The molecular weight excluding hydrogens is 294 g/mol. The van der Waals surface area contributed by atoms with Gasteiger partial charge in [-0.3, -0.25) is 4.79 Å². The summed E-state index contributed by atoms with van der Waals surface area (Å²) in [6.07, 6.45) is 0.966. The highest BCUT2D eigenvalue weighted by Gasteiger charge is 2.17. The van der Waals surface area contributed by atoms with Crippen molar-refractivity contribution in [1.82, 2.24) is 10.2 Å². The third-order valence-electron chi connectivity index (χ3n) is 2.96. The van der Waals surface area contributed by atoms with Crippen molar-refractivity contribution in [3.8, 4) is 6.07 Å². The van der Waals surface area contributed by atoms with Crippen LogP contribution in [0.25, 0.3) is 0 Å². The Morgan fingerprint density at radius 3 is 3.00 bits per heavy atom. The standard InChI is InChI=1S/C13H14BrN3O/c14-12-3-2-10(8-11(12)9-15)13(18)17-6-1-4-16-5-7-17/h2-3,8,16H,1,4-7H2. The maximum absolute atomic E-state index is 12.3. The fourth-order valence-electron chi connectivity index (χ4n) is 1.98. The number of hydrogen-bond donors (Lipinski definition) is 1. The quantitative estimate of drug-likeness (QED) is 0.860. The van der Waals surface area contributed by atoms with Crippen LogP contribution in [0.3, 0.4) is 0 Å². The van der Waals surface area contributed by atoms with Gasteiger partial charge in [0, 0.05) is 29.7 Å². The lowest BCUT2D eigenvalue weighted by molar-refractivity contribution is 0.0766. The Balaban J connectivity index is 2.20. The Hall–Kier alpha value is -1.38. The lowest BCUT2D eigenvalue weighted by atomic mass is 10.1. The van der Waals surface area contributed by atoms with Crippen molar-refractivity contribution in [2.45, 2.75) is 6.42 Å². The molecule has 0 bridgehead atoms. The molecular formula is C13H14BrN3O. The van der Waals surface area contributed by atoms with Crippen molar-refractivity contribution in [3.05, 3.63) is 33.8 Å². The van der Waals surface area contributed by atoms with Crippen LogP contribution in [-0.4, -0.2) is 37.0 Å². The van der Waals surface area contributed by atoms with E-state index in [9.17, 15) is 4.79 Å². The molecule has 1 amide bonds. The molecule has 1 aliphatic rings. The summed E-state index contributed by atoms with van der Waals surface area (Å²) in [6.45, 7) is 3.27. The van der Waals surface area contributed by atoms with E-state index in [0.29, 0.717) is 11.1 Å². The van der Waals surface area contributed by atoms with E-state index in [2.05, 4.69) is 27.3 Å².